The summed E-state index contributed by atoms with van der Waals surface area (Å²) in [6, 6.07) is 0. The molecule has 3 heteroatoms. The second-order valence-electron chi connectivity index (χ2n) is 8.01. The highest BCUT2D eigenvalue weighted by atomic mass is 79.9. The predicted octanol–water partition coefficient (Wildman–Crippen LogP) is 5.97. The van der Waals surface area contributed by atoms with Crippen molar-refractivity contribution in [3.63, 3.8) is 0 Å². The van der Waals surface area contributed by atoms with Crippen LogP contribution in [0.25, 0.3) is 0 Å². The molecule has 0 aromatic heterocycles. The second-order valence-corrected chi connectivity index (χ2v) is 8.85. The van der Waals surface area contributed by atoms with Crippen LogP contribution in [0.1, 0.15) is 58.3 Å². The van der Waals surface area contributed by atoms with Crippen molar-refractivity contribution in [1.82, 2.24) is 0 Å². The monoisotopic (exact) mass is 382 g/mol. The Morgan fingerprint density at radius 2 is 1.95 bits per heavy atom. The summed E-state index contributed by atoms with van der Waals surface area (Å²) in [5.41, 5.74) is 3.37. The van der Waals surface area contributed by atoms with Crippen LogP contribution < -0.4 is 0 Å². The van der Waals surface area contributed by atoms with Gasteiger partial charge < -0.3 is 0 Å². The van der Waals surface area contributed by atoms with Crippen molar-refractivity contribution in [2.75, 3.05) is 0 Å². The molecule has 0 amide bonds. The van der Waals surface area contributed by atoms with Crippen molar-refractivity contribution in [3.05, 3.63) is 21.2 Å². The largest absolute Gasteiger partial charge is 0.293 e. The van der Waals surface area contributed by atoms with Gasteiger partial charge in [-0.2, -0.15) is 0 Å². The normalized spacial score (nSPS) is 46.5. The van der Waals surface area contributed by atoms with Gasteiger partial charge in [0.15, 0.2) is 5.78 Å². The summed E-state index contributed by atoms with van der Waals surface area (Å²) in [4.78, 5) is 14.1. The molecular weight excluding hydrogens is 360 g/mol. The number of carbonyl (C=O) groups is 1. The Kier molecular flexibility index (Phi) is 3.85. The smallest absolute Gasteiger partial charge is 0.174 e. The van der Waals surface area contributed by atoms with E-state index < -0.39 is 0 Å². The minimum absolute atomic E-state index is 0.192. The van der Waals surface area contributed by atoms with Crippen molar-refractivity contribution in [1.29, 1.82) is 0 Å². The molecule has 0 spiro atoms. The minimum Gasteiger partial charge on any atom is -0.293 e. The zero-order valence-electron chi connectivity index (χ0n) is 13.2. The maximum Gasteiger partial charge on any atom is 0.174 e. The van der Waals surface area contributed by atoms with E-state index in [9.17, 15) is 4.79 Å². The lowest BCUT2D eigenvalue weighted by Gasteiger charge is -2.53. The van der Waals surface area contributed by atoms with Crippen molar-refractivity contribution in [2.45, 2.75) is 58.3 Å². The Balaban J connectivity index is 1.66. The SMILES string of the molecule is C[C@]12CC[C@H]3[C@@H](CCC4=C(Cl)C(=O)CC[C@@H]43)[C@@H]1CC/C2=C\Br. The quantitative estimate of drug-likeness (QED) is 0.503. The summed E-state index contributed by atoms with van der Waals surface area (Å²) < 4.78 is 0. The molecular formula is C19H24BrClO. The third-order valence-corrected chi connectivity index (χ3v) is 8.40. The third kappa shape index (κ3) is 2.05. The number of halogens is 2. The number of hydrogen-bond acceptors (Lipinski definition) is 1. The molecule has 0 radical (unpaired) electrons. The van der Waals surface area contributed by atoms with Crippen molar-refractivity contribution < 1.29 is 4.79 Å². The van der Waals surface area contributed by atoms with Crippen molar-refractivity contribution >= 4 is 33.3 Å². The summed E-state index contributed by atoms with van der Waals surface area (Å²) in [5, 5.41) is 0.607. The van der Waals surface area contributed by atoms with E-state index in [0.717, 1.165) is 30.6 Å². The van der Waals surface area contributed by atoms with Crippen LogP contribution in [-0.4, -0.2) is 5.78 Å². The number of fused-ring (bicyclic) bond motifs is 5. The van der Waals surface area contributed by atoms with Crippen molar-refractivity contribution in [2.24, 2.45) is 29.1 Å². The number of hydrogen-bond donors (Lipinski definition) is 0. The number of rotatable bonds is 0. The highest BCUT2D eigenvalue weighted by Gasteiger charge is 2.54. The van der Waals surface area contributed by atoms with Gasteiger partial charge >= 0.3 is 0 Å². The first-order chi connectivity index (χ1) is 10.6. The van der Waals surface area contributed by atoms with Gasteiger partial charge in [0.25, 0.3) is 0 Å². The van der Waals surface area contributed by atoms with Gasteiger partial charge in [-0.3, -0.25) is 4.79 Å². The molecule has 0 aromatic rings. The van der Waals surface area contributed by atoms with E-state index in [2.05, 4.69) is 27.8 Å². The molecule has 0 saturated heterocycles. The predicted molar refractivity (Wildman–Crippen MR) is 93.9 cm³/mol. The van der Waals surface area contributed by atoms with Gasteiger partial charge in [-0.05, 0) is 84.6 Å². The fourth-order valence-electron chi connectivity index (χ4n) is 6.26. The summed E-state index contributed by atoms with van der Waals surface area (Å²) in [6.45, 7) is 2.50. The molecule has 4 aliphatic rings. The van der Waals surface area contributed by atoms with E-state index >= 15 is 0 Å². The molecule has 22 heavy (non-hydrogen) atoms. The Bertz CT molecular complexity index is 578. The highest BCUT2D eigenvalue weighted by molar-refractivity contribution is 9.11. The van der Waals surface area contributed by atoms with Crippen LogP contribution in [0.4, 0.5) is 0 Å². The van der Waals surface area contributed by atoms with Gasteiger partial charge in [0.1, 0.15) is 0 Å². The molecule has 0 unspecified atom stereocenters. The molecule has 4 rings (SSSR count). The fraction of sp³-hybridized carbons (Fsp3) is 0.737. The Hall–Kier alpha value is -0.0800. The highest BCUT2D eigenvalue weighted by Crippen LogP contribution is 2.63. The minimum atomic E-state index is 0.192. The number of carbonyl (C=O) groups excluding carboxylic acids is 1. The third-order valence-electron chi connectivity index (χ3n) is 7.39. The van der Waals surface area contributed by atoms with Gasteiger partial charge in [0, 0.05) is 6.42 Å². The van der Waals surface area contributed by atoms with Crippen LogP contribution >= 0.6 is 27.5 Å². The standard InChI is InChI=1S/C19H24BrClO/c1-19-9-8-13-12-5-7-17(22)18(21)15(12)4-3-14(13)16(19)6-2-11(19)10-20/h10,12-14,16H,2-9H2,1H3/b11-10+/t12-,13-,14-,16+,19-/m1/s1. The Labute approximate surface area is 146 Å². The van der Waals surface area contributed by atoms with Crippen LogP contribution in [0.3, 0.4) is 0 Å². The van der Waals surface area contributed by atoms with E-state index in [-0.39, 0.29) is 5.78 Å². The van der Waals surface area contributed by atoms with Gasteiger partial charge in [-0.1, -0.05) is 40.0 Å². The molecule has 3 saturated carbocycles. The first-order valence-electron chi connectivity index (χ1n) is 8.77. The van der Waals surface area contributed by atoms with Gasteiger partial charge in [0.2, 0.25) is 0 Å². The molecule has 120 valence electrons. The van der Waals surface area contributed by atoms with E-state index in [1.165, 1.54) is 37.7 Å². The van der Waals surface area contributed by atoms with Gasteiger partial charge in [-0.25, -0.2) is 0 Å². The molecule has 0 aliphatic heterocycles. The molecule has 0 heterocycles. The fourth-order valence-corrected chi connectivity index (χ4v) is 7.34. The number of ketones is 1. The number of allylic oxidation sites excluding steroid dienone is 2. The summed E-state index contributed by atoms with van der Waals surface area (Å²) in [5.74, 6) is 3.25. The first-order valence-corrected chi connectivity index (χ1v) is 10.1. The van der Waals surface area contributed by atoms with Gasteiger partial charge in [-0.15, -0.1) is 0 Å². The van der Waals surface area contributed by atoms with Crippen LogP contribution in [0.15, 0.2) is 21.2 Å². The molecule has 0 N–H and O–H groups in total. The second kappa shape index (κ2) is 5.48. The van der Waals surface area contributed by atoms with Crippen molar-refractivity contribution in [3.8, 4) is 0 Å². The molecule has 1 nitrogen and oxygen atoms in total. The average Bonchev–Trinajstić information content (AvgIpc) is 2.87. The zero-order chi connectivity index (χ0) is 15.5. The maximum absolute atomic E-state index is 11.9. The lowest BCUT2D eigenvalue weighted by Crippen LogP contribution is -2.45. The number of Topliss-reactive ketones (excluding diaryl/α,β-unsaturated/α-hetero) is 1. The van der Waals surface area contributed by atoms with Gasteiger partial charge in [0.05, 0.1) is 5.03 Å². The molecule has 5 atom stereocenters. The summed E-state index contributed by atoms with van der Waals surface area (Å²) in [6.07, 6.45) is 9.28. The molecule has 0 aromatic carbocycles. The van der Waals surface area contributed by atoms with Crippen LogP contribution in [-0.2, 0) is 4.79 Å². The molecule has 4 aliphatic carbocycles. The Morgan fingerprint density at radius 1 is 1.14 bits per heavy atom. The van der Waals surface area contributed by atoms with Crippen LogP contribution in [0.5, 0.6) is 0 Å². The average molecular weight is 384 g/mol. The maximum atomic E-state index is 11.9. The topological polar surface area (TPSA) is 17.1 Å². The Morgan fingerprint density at radius 3 is 2.73 bits per heavy atom. The van der Waals surface area contributed by atoms with E-state index in [4.69, 9.17) is 11.6 Å². The summed E-state index contributed by atoms with van der Waals surface area (Å²) in [7, 11) is 0. The van der Waals surface area contributed by atoms with E-state index in [0.29, 0.717) is 22.8 Å². The van der Waals surface area contributed by atoms with E-state index in [1.807, 2.05) is 0 Å². The van der Waals surface area contributed by atoms with Crippen LogP contribution in [0, 0.1) is 29.1 Å². The molecule has 0 bridgehead atoms. The van der Waals surface area contributed by atoms with E-state index in [1.54, 1.807) is 5.57 Å². The molecule has 3 fully saturated rings. The zero-order valence-corrected chi connectivity index (χ0v) is 15.5. The summed E-state index contributed by atoms with van der Waals surface area (Å²) >= 11 is 9.98. The van der Waals surface area contributed by atoms with Crippen LogP contribution in [0.2, 0.25) is 0 Å². The lowest BCUT2D eigenvalue weighted by atomic mass is 9.52. The lowest BCUT2D eigenvalue weighted by molar-refractivity contribution is -0.116. The first kappa shape index (κ1) is 15.4.